The Morgan fingerprint density at radius 2 is 2.06 bits per heavy atom. The second-order valence-corrected chi connectivity index (χ2v) is 8.26. The molecule has 1 saturated heterocycles. The number of benzene rings is 1. The highest BCUT2D eigenvalue weighted by Crippen LogP contribution is 2.38. The summed E-state index contributed by atoms with van der Waals surface area (Å²) in [5.41, 5.74) is 14.0. The lowest BCUT2D eigenvalue weighted by atomic mass is 10.1. The number of carbonyl (C=O) groups excluding carboxylic acids is 1. The number of nitrogen functional groups attached to an aromatic ring is 1. The Kier molecular flexibility index (Phi) is 4.57. The van der Waals surface area contributed by atoms with Gasteiger partial charge in [-0.25, -0.2) is 9.67 Å². The number of amides is 1. The van der Waals surface area contributed by atoms with Crippen molar-refractivity contribution in [3.8, 4) is 28.7 Å². The highest BCUT2D eigenvalue weighted by molar-refractivity contribution is 5.85. The molecule has 0 aliphatic carbocycles. The van der Waals surface area contributed by atoms with Crippen molar-refractivity contribution in [2.24, 2.45) is 5.73 Å². The number of rotatable bonds is 4. The van der Waals surface area contributed by atoms with E-state index in [1.54, 1.807) is 4.68 Å². The van der Waals surface area contributed by atoms with Gasteiger partial charge in [-0.2, -0.15) is 4.98 Å². The van der Waals surface area contributed by atoms with E-state index >= 15 is 0 Å². The molecule has 5 rings (SSSR count). The predicted octanol–water partition coefficient (Wildman–Crippen LogP) is 1.82. The van der Waals surface area contributed by atoms with Gasteiger partial charge in [0.1, 0.15) is 29.9 Å². The number of ether oxygens (including phenoxy) is 1. The normalized spacial score (nSPS) is 17.9. The second kappa shape index (κ2) is 7.29. The molecule has 1 amide bonds. The van der Waals surface area contributed by atoms with E-state index in [0.717, 1.165) is 47.9 Å². The zero-order valence-corrected chi connectivity index (χ0v) is 17.7. The molecule has 2 aliphatic heterocycles. The number of imidazole rings is 1. The zero-order chi connectivity index (χ0) is 21.7. The van der Waals surface area contributed by atoms with Crippen molar-refractivity contribution >= 4 is 17.5 Å². The van der Waals surface area contributed by atoms with Crippen molar-refractivity contribution in [2.75, 3.05) is 23.8 Å². The molecular formula is C21H26N8O2. The maximum atomic E-state index is 11.8. The van der Waals surface area contributed by atoms with Gasteiger partial charge in [-0.15, -0.1) is 5.10 Å². The molecule has 1 aromatic carbocycles. The van der Waals surface area contributed by atoms with Crippen LogP contribution in [0, 0.1) is 0 Å². The highest BCUT2D eigenvalue weighted by atomic mass is 16.5. The van der Waals surface area contributed by atoms with Crippen LogP contribution in [-0.2, 0) is 11.3 Å². The molecule has 3 aromatic rings. The molecule has 0 radical (unpaired) electrons. The van der Waals surface area contributed by atoms with Gasteiger partial charge in [-0.05, 0) is 38.8 Å². The molecule has 2 aliphatic rings. The largest absolute Gasteiger partial charge is 0.491 e. The summed E-state index contributed by atoms with van der Waals surface area (Å²) in [5, 5.41) is 4.30. The van der Waals surface area contributed by atoms with Crippen LogP contribution in [0.1, 0.15) is 32.7 Å². The number of hydrogen-bond donors (Lipinski definition) is 2. The Labute approximate surface area is 179 Å². The predicted molar refractivity (Wildman–Crippen MR) is 117 cm³/mol. The first-order chi connectivity index (χ1) is 14.9. The van der Waals surface area contributed by atoms with Crippen molar-refractivity contribution in [3.63, 3.8) is 0 Å². The van der Waals surface area contributed by atoms with Crippen LogP contribution < -0.4 is 21.1 Å². The molecule has 0 spiro atoms. The smallest absolute Gasteiger partial charge is 0.240 e. The maximum absolute atomic E-state index is 11.8. The lowest BCUT2D eigenvalue weighted by Crippen LogP contribution is -2.40. The summed E-state index contributed by atoms with van der Waals surface area (Å²) < 4.78 is 9.90. The first kappa shape index (κ1) is 19.4. The minimum absolute atomic E-state index is 0.109. The molecular weight excluding hydrogens is 396 g/mol. The minimum Gasteiger partial charge on any atom is -0.491 e. The summed E-state index contributed by atoms with van der Waals surface area (Å²) in [6.45, 7) is 6.03. The second-order valence-electron chi connectivity index (χ2n) is 8.26. The molecule has 0 bridgehead atoms. The number of anilines is 2. The average molecular weight is 422 g/mol. The quantitative estimate of drug-likeness (QED) is 0.656. The van der Waals surface area contributed by atoms with Gasteiger partial charge in [0, 0.05) is 30.5 Å². The van der Waals surface area contributed by atoms with Crippen LogP contribution in [-0.4, -0.2) is 49.4 Å². The van der Waals surface area contributed by atoms with E-state index < -0.39 is 0 Å². The number of nitrogens with zero attached hydrogens (tertiary/aromatic N) is 6. The maximum Gasteiger partial charge on any atom is 0.240 e. The molecule has 4 heterocycles. The van der Waals surface area contributed by atoms with Gasteiger partial charge < -0.3 is 25.7 Å². The fourth-order valence-corrected chi connectivity index (χ4v) is 4.40. The summed E-state index contributed by atoms with van der Waals surface area (Å²) in [6.07, 6.45) is 3.69. The summed E-state index contributed by atoms with van der Waals surface area (Å²) >= 11 is 0. The third-order valence-corrected chi connectivity index (χ3v) is 5.85. The minimum atomic E-state index is -0.290. The van der Waals surface area contributed by atoms with Gasteiger partial charge in [0.15, 0.2) is 5.82 Å². The van der Waals surface area contributed by atoms with Crippen molar-refractivity contribution < 1.29 is 9.53 Å². The number of hydrogen-bond acceptors (Lipinski definition) is 7. The van der Waals surface area contributed by atoms with Crippen LogP contribution in [0.5, 0.6) is 5.75 Å². The summed E-state index contributed by atoms with van der Waals surface area (Å²) in [6, 6.07) is 5.82. The van der Waals surface area contributed by atoms with Crippen LogP contribution in [0.4, 0.5) is 11.6 Å². The van der Waals surface area contributed by atoms with Crippen LogP contribution in [0.2, 0.25) is 0 Å². The summed E-state index contributed by atoms with van der Waals surface area (Å²) in [4.78, 5) is 23.1. The molecule has 2 aromatic heterocycles. The average Bonchev–Trinajstić information content (AvgIpc) is 3.44. The standard InChI is InChI=1S/C21H26N8O2/c1-12(2)29-20(25-21(23)26-29)15-11-27-8-9-31-17-10-13(5-6-14(17)19(27)24-15)28-7-3-4-16(28)18(22)30/h5-6,10-12,16H,3-4,7-9H2,1-2H3,(H2,22,30)(H2,23,26)/t16-/m0/s1. The van der Waals surface area contributed by atoms with Crippen LogP contribution >= 0.6 is 0 Å². The van der Waals surface area contributed by atoms with Crippen molar-refractivity contribution in [1.82, 2.24) is 24.3 Å². The molecule has 4 N–H and O–H groups in total. The number of primary amides is 1. The highest BCUT2D eigenvalue weighted by Gasteiger charge is 2.30. The van der Waals surface area contributed by atoms with E-state index in [-0.39, 0.29) is 23.9 Å². The number of aromatic nitrogens is 5. The van der Waals surface area contributed by atoms with Gasteiger partial charge in [0.25, 0.3) is 0 Å². The van der Waals surface area contributed by atoms with Gasteiger partial charge in [-0.1, -0.05) is 0 Å². The Balaban J connectivity index is 1.55. The number of fused-ring (bicyclic) bond motifs is 3. The first-order valence-corrected chi connectivity index (χ1v) is 10.5. The molecule has 31 heavy (non-hydrogen) atoms. The van der Waals surface area contributed by atoms with Gasteiger partial charge in [-0.3, -0.25) is 4.79 Å². The fraction of sp³-hybridized carbons (Fsp3) is 0.429. The van der Waals surface area contributed by atoms with E-state index in [0.29, 0.717) is 19.0 Å². The monoisotopic (exact) mass is 422 g/mol. The van der Waals surface area contributed by atoms with Crippen LogP contribution in [0.3, 0.4) is 0 Å². The Morgan fingerprint density at radius 1 is 1.23 bits per heavy atom. The van der Waals surface area contributed by atoms with E-state index in [2.05, 4.69) is 19.5 Å². The van der Waals surface area contributed by atoms with Crippen molar-refractivity contribution in [2.45, 2.75) is 45.3 Å². The van der Waals surface area contributed by atoms with E-state index in [1.807, 2.05) is 38.2 Å². The summed E-state index contributed by atoms with van der Waals surface area (Å²) in [5.74, 6) is 2.14. The Bertz CT molecular complexity index is 1150. The Hall–Kier alpha value is -3.56. The first-order valence-electron chi connectivity index (χ1n) is 10.5. The zero-order valence-electron chi connectivity index (χ0n) is 17.7. The SMILES string of the molecule is CC(C)n1nc(N)nc1-c1cn2c(n1)-c1ccc(N3CCC[C@H]3C(N)=O)cc1OCC2. The number of carbonyl (C=O) groups is 1. The molecule has 1 atom stereocenters. The third-order valence-electron chi connectivity index (χ3n) is 5.85. The lowest BCUT2D eigenvalue weighted by Gasteiger charge is -2.25. The molecule has 0 unspecified atom stereocenters. The molecule has 10 heteroatoms. The van der Waals surface area contributed by atoms with Crippen molar-refractivity contribution in [3.05, 3.63) is 24.4 Å². The van der Waals surface area contributed by atoms with Crippen molar-refractivity contribution in [1.29, 1.82) is 0 Å². The summed E-state index contributed by atoms with van der Waals surface area (Å²) in [7, 11) is 0. The van der Waals surface area contributed by atoms with E-state index in [9.17, 15) is 4.79 Å². The lowest BCUT2D eigenvalue weighted by molar-refractivity contribution is -0.119. The van der Waals surface area contributed by atoms with E-state index in [1.165, 1.54) is 0 Å². The van der Waals surface area contributed by atoms with Gasteiger partial charge in [0.2, 0.25) is 11.9 Å². The fourth-order valence-electron chi connectivity index (χ4n) is 4.40. The van der Waals surface area contributed by atoms with E-state index in [4.69, 9.17) is 21.2 Å². The van der Waals surface area contributed by atoms with Crippen LogP contribution in [0.25, 0.3) is 22.9 Å². The molecule has 162 valence electrons. The Morgan fingerprint density at radius 3 is 2.84 bits per heavy atom. The molecule has 0 saturated carbocycles. The molecule has 1 fully saturated rings. The third kappa shape index (κ3) is 3.28. The van der Waals surface area contributed by atoms with Gasteiger partial charge in [0.05, 0.1) is 12.1 Å². The topological polar surface area (TPSA) is 130 Å². The number of nitrogens with two attached hydrogens (primary N) is 2. The van der Waals surface area contributed by atoms with Crippen LogP contribution in [0.15, 0.2) is 24.4 Å². The van der Waals surface area contributed by atoms with Gasteiger partial charge >= 0.3 is 0 Å². The molecule has 10 nitrogen and oxygen atoms in total.